The van der Waals surface area contributed by atoms with Gasteiger partial charge in [0.1, 0.15) is 0 Å². The van der Waals surface area contributed by atoms with Gasteiger partial charge in [-0.15, -0.1) is 0 Å². The summed E-state index contributed by atoms with van der Waals surface area (Å²) >= 11 is 1.62. The lowest BCUT2D eigenvalue weighted by atomic mass is 10.1. The minimum atomic E-state index is -0.142. The van der Waals surface area contributed by atoms with E-state index in [2.05, 4.69) is 11.1 Å². The molecule has 0 unspecified atom stereocenters. The van der Waals surface area contributed by atoms with Gasteiger partial charge in [-0.05, 0) is 24.3 Å². The second kappa shape index (κ2) is 4.56. The predicted molar refractivity (Wildman–Crippen MR) is 83.6 cm³/mol. The summed E-state index contributed by atoms with van der Waals surface area (Å²) in [5.74, 6) is 0. The van der Waals surface area contributed by atoms with Crippen molar-refractivity contribution in [3.63, 3.8) is 0 Å². The third kappa shape index (κ3) is 1.97. The fourth-order valence-electron chi connectivity index (χ4n) is 2.37. The van der Waals surface area contributed by atoms with E-state index in [9.17, 15) is 5.21 Å². The third-order valence-electron chi connectivity index (χ3n) is 3.36. The molecule has 1 N–H and O–H groups in total. The number of anilines is 1. The van der Waals surface area contributed by atoms with Crippen molar-refractivity contribution >= 4 is 32.2 Å². The van der Waals surface area contributed by atoms with Crippen molar-refractivity contribution in [2.75, 3.05) is 5.23 Å². The van der Waals surface area contributed by atoms with Crippen LogP contribution >= 0.6 is 11.3 Å². The fraction of sp³-hybridized carbons (Fsp3) is 0. The molecule has 0 atom stereocenters. The molecule has 2 aromatic heterocycles. The minimum Gasteiger partial charge on any atom is -0.733 e. The third-order valence-corrected chi connectivity index (χ3v) is 4.40. The van der Waals surface area contributed by atoms with Crippen LogP contribution in [0, 0.1) is 5.21 Å². The lowest BCUT2D eigenvalue weighted by Gasteiger charge is -2.21. The SMILES string of the molecule is [O-]N(O)c1cccc(-c2cn3c(n2)sc2ccccc23)c1. The van der Waals surface area contributed by atoms with Gasteiger partial charge in [0.2, 0.25) is 0 Å². The van der Waals surface area contributed by atoms with Crippen molar-refractivity contribution in [2.45, 2.75) is 0 Å². The molecular formula is C15H10N3O2S-. The summed E-state index contributed by atoms with van der Waals surface area (Å²) in [6.07, 6.45) is 1.94. The van der Waals surface area contributed by atoms with Gasteiger partial charge in [0.25, 0.3) is 0 Å². The summed E-state index contributed by atoms with van der Waals surface area (Å²) in [6, 6.07) is 14.9. The van der Waals surface area contributed by atoms with Crippen LogP contribution in [0.3, 0.4) is 0 Å². The van der Waals surface area contributed by atoms with Gasteiger partial charge in [-0.3, -0.25) is 9.61 Å². The zero-order valence-electron chi connectivity index (χ0n) is 10.8. The number of aromatic nitrogens is 2. The number of benzene rings is 2. The Balaban J connectivity index is 1.89. The first-order chi connectivity index (χ1) is 10.2. The van der Waals surface area contributed by atoms with Crippen LogP contribution in [0.2, 0.25) is 0 Å². The Morgan fingerprint density at radius 3 is 2.86 bits per heavy atom. The summed E-state index contributed by atoms with van der Waals surface area (Å²) in [6.45, 7) is 0. The number of para-hydroxylation sites is 1. The number of hydrogen-bond donors (Lipinski definition) is 1. The van der Waals surface area contributed by atoms with Crippen LogP contribution in [-0.2, 0) is 0 Å². The smallest absolute Gasteiger partial charge is 0.195 e. The van der Waals surface area contributed by atoms with Crippen LogP contribution in [0.25, 0.3) is 26.4 Å². The van der Waals surface area contributed by atoms with Crippen molar-refractivity contribution in [3.8, 4) is 11.3 Å². The van der Waals surface area contributed by atoms with Gasteiger partial charge in [-0.1, -0.05) is 35.6 Å². The molecule has 2 heterocycles. The highest BCUT2D eigenvalue weighted by Crippen LogP contribution is 2.30. The second-order valence-corrected chi connectivity index (χ2v) is 5.68. The highest BCUT2D eigenvalue weighted by Gasteiger charge is 2.10. The molecule has 0 aliphatic carbocycles. The van der Waals surface area contributed by atoms with Crippen molar-refractivity contribution in [3.05, 3.63) is 59.9 Å². The van der Waals surface area contributed by atoms with Gasteiger partial charge in [0.15, 0.2) is 4.96 Å². The van der Waals surface area contributed by atoms with Crippen LogP contribution < -0.4 is 5.23 Å². The maximum absolute atomic E-state index is 11.0. The van der Waals surface area contributed by atoms with E-state index in [-0.39, 0.29) is 10.9 Å². The van der Waals surface area contributed by atoms with E-state index in [1.54, 1.807) is 29.5 Å². The fourth-order valence-corrected chi connectivity index (χ4v) is 3.38. The molecule has 21 heavy (non-hydrogen) atoms. The van der Waals surface area contributed by atoms with E-state index in [1.165, 1.54) is 4.70 Å². The molecule has 0 aliphatic heterocycles. The summed E-state index contributed by atoms with van der Waals surface area (Å²) in [5, 5.41) is 19.8. The van der Waals surface area contributed by atoms with E-state index in [4.69, 9.17) is 5.21 Å². The number of thiazole rings is 1. The molecule has 6 heteroatoms. The average molecular weight is 296 g/mol. The monoisotopic (exact) mass is 296 g/mol. The largest absolute Gasteiger partial charge is 0.733 e. The molecule has 4 aromatic rings. The van der Waals surface area contributed by atoms with Crippen molar-refractivity contribution in [1.29, 1.82) is 0 Å². The molecule has 0 radical (unpaired) electrons. The molecule has 2 aromatic carbocycles. The minimum absolute atomic E-state index is 0.142. The molecule has 5 nitrogen and oxygen atoms in total. The van der Waals surface area contributed by atoms with Gasteiger partial charge < -0.3 is 10.4 Å². The summed E-state index contributed by atoms with van der Waals surface area (Å²) in [5.41, 5.74) is 2.87. The Morgan fingerprint density at radius 2 is 2.00 bits per heavy atom. The first kappa shape index (κ1) is 12.3. The normalized spacial score (nSPS) is 11.3. The maximum atomic E-state index is 11.0. The molecule has 0 amide bonds. The number of rotatable bonds is 2. The van der Waals surface area contributed by atoms with Gasteiger partial charge in [-0.25, -0.2) is 4.98 Å². The topological polar surface area (TPSA) is 63.8 Å². The molecule has 104 valence electrons. The zero-order valence-corrected chi connectivity index (χ0v) is 11.6. The average Bonchev–Trinajstić information content (AvgIpc) is 3.05. The van der Waals surface area contributed by atoms with E-state index < -0.39 is 0 Å². The standard InChI is InChI=1S/C15H10N3O2S/c19-18(20)11-5-3-4-10(8-11)12-9-17-13-6-1-2-7-14(13)21-15(17)16-12/h1-9,19H/q-1. The Kier molecular flexibility index (Phi) is 2.68. The zero-order chi connectivity index (χ0) is 14.4. The molecule has 4 rings (SSSR count). The lowest BCUT2D eigenvalue weighted by molar-refractivity contribution is 0.296. The van der Waals surface area contributed by atoms with Crippen LogP contribution in [-0.4, -0.2) is 14.6 Å². The van der Waals surface area contributed by atoms with Gasteiger partial charge in [0, 0.05) is 11.8 Å². The second-order valence-electron chi connectivity index (χ2n) is 4.67. The van der Waals surface area contributed by atoms with Crippen LogP contribution in [0.1, 0.15) is 0 Å². The molecule has 0 saturated carbocycles. The van der Waals surface area contributed by atoms with Gasteiger partial charge in [0.05, 0.1) is 21.6 Å². The molecule has 0 fully saturated rings. The number of nitrogens with zero attached hydrogens (tertiary/aromatic N) is 3. The van der Waals surface area contributed by atoms with Crippen molar-refractivity contribution in [2.24, 2.45) is 0 Å². The van der Waals surface area contributed by atoms with E-state index in [0.717, 1.165) is 21.7 Å². The summed E-state index contributed by atoms with van der Waals surface area (Å²) in [7, 11) is 0. The van der Waals surface area contributed by atoms with Crippen molar-refractivity contribution < 1.29 is 5.21 Å². The highest BCUT2D eigenvalue weighted by molar-refractivity contribution is 7.23. The molecule has 0 aliphatic rings. The summed E-state index contributed by atoms with van der Waals surface area (Å²) < 4.78 is 3.22. The molecule has 0 saturated heterocycles. The Hall–Kier alpha value is -2.41. The van der Waals surface area contributed by atoms with Gasteiger partial charge >= 0.3 is 0 Å². The van der Waals surface area contributed by atoms with E-state index >= 15 is 0 Å². The Morgan fingerprint density at radius 1 is 1.14 bits per heavy atom. The Bertz CT molecular complexity index is 942. The van der Waals surface area contributed by atoms with Crippen LogP contribution in [0.5, 0.6) is 0 Å². The van der Waals surface area contributed by atoms with Gasteiger partial charge in [-0.2, -0.15) is 0 Å². The van der Waals surface area contributed by atoms with Crippen LogP contribution in [0.15, 0.2) is 54.7 Å². The van der Waals surface area contributed by atoms with Crippen LogP contribution in [0.4, 0.5) is 5.69 Å². The number of fused-ring (bicyclic) bond motifs is 3. The Labute approximate surface area is 123 Å². The highest BCUT2D eigenvalue weighted by atomic mass is 32.1. The quantitative estimate of drug-likeness (QED) is 0.570. The first-order valence-corrected chi connectivity index (χ1v) is 7.17. The molecule has 0 bridgehead atoms. The van der Waals surface area contributed by atoms with E-state index in [0.29, 0.717) is 0 Å². The molecular weight excluding hydrogens is 286 g/mol. The lowest BCUT2D eigenvalue weighted by Crippen LogP contribution is -2.06. The maximum Gasteiger partial charge on any atom is 0.195 e. The predicted octanol–water partition coefficient (Wildman–Crippen LogP) is 3.91. The van der Waals surface area contributed by atoms with E-state index in [1.807, 2.05) is 34.9 Å². The first-order valence-electron chi connectivity index (χ1n) is 6.35. The molecule has 0 spiro atoms. The number of imidazole rings is 1. The van der Waals surface area contributed by atoms with Crippen molar-refractivity contribution in [1.82, 2.24) is 9.38 Å². The number of hydrogen-bond acceptors (Lipinski definition) is 5. The summed E-state index contributed by atoms with van der Waals surface area (Å²) in [4.78, 5) is 5.50.